The van der Waals surface area contributed by atoms with Crippen LogP contribution in [0.15, 0.2) is 30.3 Å². The predicted octanol–water partition coefficient (Wildman–Crippen LogP) is 5.94. The molecule has 2 aromatic rings. The Kier molecular flexibility index (Phi) is 8.32. The largest absolute Gasteiger partial charge is 0.493 e. The van der Waals surface area contributed by atoms with E-state index < -0.39 is 0 Å². The number of ketones is 1. The maximum absolute atomic E-state index is 12.3. The van der Waals surface area contributed by atoms with Gasteiger partial charge in [-0.15, -0.1) is 0 Å². The Hall–Kier alpha value is -2.82. The van der Waals surface area contributed by atoms with Gasteiger partial charge < -0.3 is 14.2 Å². The lowest BCUT2D eigenvalue weighted by Crippen LogP contribution is -2.22. The SMILES string of the molecule is CCc1cc(-c2ccc(C)c(OC)c2OCCOC(=O)C2CCCCC2)ccc1C(C)=O. The highest BCUT2D eigenvalue weighted by atomic mass is 16.6. The van der Waals surface area contributed by atoms with Crippen molar-refractivity contribution in [1.29, 1.82) is 0 Å². The number of methoxy groups -OCH3 is 1. The van der Waals surface area contributed by atoms with E-state index in [9.17, 15) is 9.59 Å². The van der Waals surface area contributed by atoms with E-state index in [0.717, 1.165) is 59.9 Å². The molecule has 2 aromatic carbocycles. The number of Topliss-reactive ketones (excluding diaryl/α,β-unsaturated/α-hetero) is 1. The van der Waals surface area contributed by atoms with Crippen molar-refractivity contribution in [2.75, 3.05) is 20.3 Å². The van der Waals surface area contributed by atoms with Crippen molar-refractivity contribution in [2.45, 2.75) is 59.3 Å². The van der Waals surface area contributed by atoms with E-state index >= 15 is 0 Å². The number of hydrogen-bond donors (Lipinski definition) is 0. The summed E-state index contributed by atoms with van der Waals surface area (Å²) in [6, 6.07) is 9.85. The minimum absolute atomic E-state index is 0.0278. The summed E-state index contributed by atoms with van der Waals surface area (Å²) in [5.41, 5.74) is 4.55. The minimum Gasteiger partial charge on any atom is -0.493 e. The van der Waals surface area contributed by atoms with Gasteiger partial charge in [-0.25, -0.2) is 0 Å². The van der Waals surface area contributed by atoms with Gasteiger partial charge in [-0.2, -0.15) is 0 Å². The number of carbonyl (C=O) groups excluding carboxylic acids is 2. The average Bonchev–Trinajstić information content (AvgIpc) is 2.81. The Morgan fingerprint density at radius 1 is 1.00 bits per heavy atom. The topological polar surface area (TPSA) is 61.8 Å². The van der Waals surface area contributed by atoms with Crippen molar-refractivity contribution in [2.24, 2.45) is 5.92 Å². The number of ether oxygens (including phenoxy) is 3. The molecule has 0 N–H and O–H groups in total. The van der Waals surface area contributed by atoms with Crippen molar-refractivity contribution in [1.82, 2.24) is 0 Å². The lowest BCUT2D eigenvalue weighted by molar-refractivity contribution is -0.150. The predicted molar refractivity (Wildman–Crippen MR) is 126 cm³/mol. The van der Waals surface area contributed by atoms with Crippen LogP contribution < -0.4 is 9.47 Å². The molecule has 5 heteroatoms. The van der Waals surface area contributed by atoms with Gasteiger partial charge >= 0.3 is 5.97 Å². The van der Waals surface area contributed by atoms with Crippen LogP contribution in [0.4, 0.5) is 0 Å². The van der Waals surface area contributed by atoms with Gasteiger partial charge in [0.1, 0.15) is 13.2 Å². The number of aryl methyl sites for hydroxylation is 2. The molecule has 0 amide bonds. The maximum Gasteiger partial charge on any atom is 0.309 e. The zero-order valence-electron chi connectivity index (χ0n) is 19.7. The molecule has 32 heavy (non-hydrogen) atoms. The zero-order chi connectivity index (χ0) is 23.1. The molecule has 0 aliphatic heterocycles. The standard InChI is InChI=1S/C27H34O5/c1-5-20-17-22(12-14-23(20)19(3)28)24-13-11-18(2)25(30-4)26(24)31-15-16-32-27(29)21-9-7-6-8-10-21/h11-14,17,21H,5-10,15-16H2,1-4H3. The van der Waals surface area contributed by atoms with Gasteiger partial charge in [0.2, 0.25) is 0 Å². The lowest BCUT2D eigenvalue weighted by atomic mass is 9.89. The second-order valence-electron chi connectivity index (χ2n) is 8.42. The zero-order valence-corrected chi connectivity index (χ0v) is 19.7. The summed E-state index contributed by atoms with van der Waals surface area (Å²) in [4.78, 5) is 24.2. The van der Waals surface area contributed by atoms with Gasteiger partial charge in [-0.1, -0.05) is 56.5 Å². The molecule has 5 nitrogen and oxygen atoms in total. The molecule has 0 heterocycles. The van der Waals surface area contributed by atoms with Crippen LogP contribution in [0.5, 0.6) is 11.5 Å². The number of hydrogen-bond acceptors (Lipinski definition) is 5. The lowest BCUT2D eigenvalue weighted by Gasteiger charge is -2.21. The van der Waals surface area contributed by atoms with Crippen LogP contribution in [-0.2, 0) is 16.0 Å². The second-order valence-corrected chi connectivity index (χ2v) is 8.42. The highest BCUT2D eigenvalue weighted by Crippen LogP contribution is 2.41. The Bertz CT molecular complexity index is 957. The van der Waals surface area contributed by atoms with E-state index in [4.69, 9.17) is 14.2 Å². The van der Waals surface area contributed by atoms with E-state index in [1.54, 1.807) is 14.0 Å². The number of rotatable bonds is 9. The molecular weight excluding hydrogens is 404 g/mol. The first-order valence-electron chi connectivity index (χ1n) is 11.6. The molecule has 0 unspecified atom stereocenters. The van der Waals surface area contributed by atoms with Crippen molar-refractivity contribution >= 4 is 11.8 Å². The van der Waals surface area contributed by atoms with Crippen molar-refractivity contribution < 1.29 is 23.8 Å². The molecule has 3 rings (SSSR count). The molecule has 0 atom stereocenters. The Labute approximate surface area is 191 Å². The molecule has 0 saturated heterocycles. The van der Waals surface area contributed by atoms with Crippen molar-refractivity contribution in [3.8, 4) is 22.6 Å². The summed E-state index contributed by atoms with van der Waals surface area (Å²) in [6.07, 6.45) is 6.01. The molecule has 1 aliphatic carbocycles. The fourth-order valence-electron chi connectivity index (χ4n) is 4.42. The van der Waals surface area contributed by atoms with Crippen molar-refractivity contribution in [3.05, 3.63) is 47.0 Å². The van der Waals surface area contributed by atoms with E-state index in [1.807, 2.05) is 44.2 Å². The molecule has 0 bridgehead atoms. The smallest absolute Gasteiger partial charge is 0.309 e. The van der Waals surface area contributed by atoms with Crippen LogP contribution in [0.2, 0.25) is 0 Å². The first kappa shape index (κ1) is 23.8. The summed E-state index contributed by atoms with van der Waals surface area (Å²) < 4.78 is 17.2. The van der Waals surface area contributed by atoms with Crippen LogP contribution in [0.3, 0.4) is 0 Å². The summed E-state index contributed by atoms with van der Waals surface area (Å²) in [6.45, 7) is 6.05. The van der Waals surface area contributed by atoms with Gasteiger partial charge in [0.15, 0.2) is 17.3 Å². The van der Waals surface area contributed by atoms with Gasteiger partial charge in [0, 0.05) is 11.1 Å². The van der Waals surface area contributed by atoms with Gasteiger partial charge in [-0.3, -0.25) is 9.59 Å². The van der Waals surface area contributed by atoms with E-state index in [1.165, 1.54) is 6.42 Å². The maximum atomic E-state index is 12.3. The molecule has 0 spiro atoms. The Morgan fingerprint density at radius 2 is 1.75 bits per heavy atom. The third-order valence-corrected chi connectivity index (χ3v) is 6.20. The Morgan fingerprint density at radius 3 is 2.41 bits per heavy atom. The minimum atomic E-state index is -0.114. The normalized spacial score (nSPS) is 14.1. The van der Waals surface area contributed by atoms with Gasteiger partial charge in [0.05, 0.1) is 13.0 Å². The highest BCUT2D eigenvalue weighted by Gasteiger charge is 2.22. The number of benzene rings is 2. The van der Waals surface area contributed by atoms with E-state index in [0.29, 0.717) is 11.5 Å². The highest BCUT2D eigenvalue weighted by molar-refractivity contribution is 5.96. The van der Waals surface area contributed by atoms with Crippen LogP contribution >= 0.6 is 0 Å². The third kappa shape index (κ3) is 5.50. The fraction of sp³-hybridized carbons (Fsp3) is 0.481. The van der Waals surface area contributed by atoms with Crippen LogP contribution in [0.1, 0.15) is 67.4 Å². The van der Waals surface area contributed by atoms with E-state index in [2.05, 4.69) is 0 Å². The first-order valence-corrected chi connectivity index (χ1v) is 11.6. The summed E-state index contributed by atoms with van der Waals surface area (Å²) in [5, 5.41) is 0. The second kappa shape index (κ2) is 11.2. The van der Waals surface area contributed by atoms with Crippen LogP contribution in [0.25, 0.3) is 11.1 Å². The van der Waals surface area contributed by atoms with E-state index in [-0.39, 0.29) is 30.9 Å². The monoisotopic (exact) mass is 438 g/mol. The molecule has 172 valence electrons. The fourth-order valence-corrected chi connectivity index (χ4v) is 4.42. The summed E-state index contributed by atoms with van der Waals surface area (Å²) in [7, 11) is 1.62. The summed E-state index contributed by atoms with van der Waals surface area (Å²) in [5.74, 6) is 1.26. The van der Waals surface area contributed by atoms with Gasteiger partial charge in [-0.05, 0) is 49.8 Å². The quantitative estimate of drug-likeness (QED) is 0.275. The molecule has 1 saturated carbocycles. The van der Waals surface area contributed by atoms with Crippen LogP contribution in [-0.4, -0.2) is 32.1 Å². The van der Waals surface area contributed by atoms with Crippen molar-refractivity contribution in [3.63, 3.8) is 0 Å². The van der Waals surface area contributed by atoms with Gasteiger partial charge in [0.25, 0.3) is 0 Å². The number of carbonyl (C=O) groups is 2. The molecule has 1 fully saturated rings. The third-order valence-electron chi connectivity index (χ3n) is 6.20. The molecule has 0 aromatic heterocycles. The Balaban J connectivity index is 1.78. The molecule has 0 radical (unpaired) electrons. The molecule has 1 aliphatic rings. The summed E-state index contributed by atoms with van der Waals surface area (Å²) >= 11 is 0. The van der Waals surface area contributed by atoms with Crippen LogP contribution in [0, 0.1) is 12.8 Å². The first-order chi connectivity index (χ1) is 15.5. The molecular formula is C27H34O5. The number of esters is 1. The average molecular weight is 439 g/mol.